The lowest BCUT2D eigenvalue weighted by Crippen LogP contribution is -2.24. The van der Waals surface area contributed by atoms with Crippen LogP contribution in [0.3, 0.4) is 0 Å². The summed E-state index contributed by atoms with van der Waals surface area (Å²) in [5.74, 6) is 0. The van der Waals surface area contributed by atoms with E-state index < -0.39 is 10.0 Å². The van der Waals surface area contributed by atoms with Crippen molar-refractivity contribution < 1.29 is 8.42 Å². The van der Waals surface area contributed by atoms with Crippen LogP contribution in [0.2, 0.25) is 5.02 Å². The normalized spacial score (nSPS) is 11.7. The van der Waals surface area contributed by atoms with Crippen molar-refractivity contribution in [2.75, 3.05) is 5.73 Å². The molecule has 1 heterocycles. The van der Waals surface area contributed by atoms with E-state index in [9.17, 15) is 8.42 Å². The van der Waals surface area contributed by atoms with Crippen molar-refractivity contribution in [2.24, 2.45) is 0 Å². The summed E-state index contributed by atoms with van der Waals surface area (Å²) in [5, 5.41) is 0.398. The molecular weight excluding hydrogens is 306 g/mol. The number of sulfonamides is 1. The van der Waals surface area contributed by atoms with Gasteiger partial charge in [-0.15, -0.1) is 11.3 Å². The van der Waals surface area contributed by atoms with Crippen LogP contribution in [0, 0.1) is 6.92 Å². The zero-order valence-electron chi connectivity index (χ0n) is 10.1. The maximum atomic E-state index is 12.1. The molecule has 0 unspecified atom stereocenters. The molecule has 1 aromatic carbocycles. The van der Waals surface area contributed by atoms with Gasteiger partial charge in [-0.1, -0.05) is 11.6 Å². The van der Waals surface area contributed by atoms with Gasteiger partial charge in [0, 0.05) is 16.4 Å². The zero-order chi connectivity index (χ0) is 14.0. The summed E-state index contributed by atoms with van der Waals surface area (Å²) in [4.78, 5) is 4.96. The second-order valence-corrected chi connectivity index (χ2v) is 6.98. The predicted octanol–water partition coefficient (Wildman–Crippen LogP) is 2.17. The first-order chi connectivity index (χ1) is 8.90. The van der Waals surface area contributed by atoms with Crippen molar-refractivity contribution in [1.82, 2.24) is 9.71 Å². The van der Waals surface area contributed by atoms with Crippen LogP contribution in [0.4, 0.5) is 5.69 Å². The Hall–Kier alpha value is -1.15. The quantitative estimate of drug-likeness (QED) is 0.846. The Morgan fingerprint density at radius 1 is 1.47 bits per heavy atom. The lowest BCUT2D eigenvalue weighted by molar-refractivity contribution is 0.582. The predicted molar refractivity (Wildman–Crippen MR) is 76.7 cm³/mol. The van der Waals surface area contributed by atoms with Gasteiger partial charge in [0.1, 0.15) is 4.90 Å². The Morgan fingerprint density at radius 2 is 2.21 bits per heavy atom. The second kappa shape index (κ2) is 5.46. The molecule has 0 radical (unpaired) electrons. The molecule has 19 heavy (non-hydrogen) atoms. The van der Waals surface area contributed by atoms with Gasteiger partial charge in [-0.05, 0) is 25.1 Å². The number of nitrogens with one attached hydrogen (secondary N) is 1. The number of thiazole rings is 1. The van der Waals surface area contributed by atoms with E-state index in [-0.39, 0.29) is 17.1 Å². The minimum Gasteiger partial charge on any atom is -0.398 e. The molecule has 1 aromatic heterocycles. The molecule has 0 fully saturated rings. The number of hydrogen-bond acceptors (Lipinski definition) is 5. The molecule has 0 spiro atoms. The van der Waals surface area contributed by atoms with Crippen LogP contribution in [0.15, 0.2) is 28.6 Å². The first kappa shape index (κ1) is 14.3. The van der Waals surface area contributed by atoms with E-state index in [4.69, 9.17) is 17.3 Å². The summed E-state index contributed by atoms with van der Waals surface area (Å²) in [6.07, 6.45) is 0. The summed E-state index contributed by atoms with van der Waals surface area (Å²) in [6.45, 7) is 2.03. The van der Waals surface area contributed by atoms with Gasteiger partial charge in [0.25, 0.3) is 0 Å². The fraction of sp³-hybridized carbons (Fsp3) is 0.182. The number of anilines is 1. The van der Waals surface area contributed by atoms with Gasteiger partial charge in [0.2, 0.25) is 10.0 Å². The summed E-state index contributed by atoms with van der Waals surface area (Å²) < 4.78 is 26.7. The van der Waals surface area contributed by atoms with Crippen molar-refractivity contribution in [2.45, 2.75) is 18.4 Å². The molecular formula is C11H12ClN3O2S2. The standard InChI is InChI=1S/C11H12ClN3O2S2/c1-7-10(18-6-14-7)5-15-19(16,17)11-3-2-8(12)4-9(11)13/h2-4,6,15H,5,13H2,1H3. The fourth-order valence-corrected chi connectivity index (χ4v) is 3.59. The van der Waals surface area contributed by atoms with E-state index in [1.54, 1.807) is 5.51 Å². The van der Waals surface area contributed by atoms with Crippen LogP contribution in [-0.2, 0) is 16.6 Å². The third-order valence-corrected chi connectivity index (χ3v) is 5.17. The molecule has 0 saturated carbocycles. The number of nitrogens with two attached hydrogens (primary N) is 1. The number of aromatic nitrogens is 1. The first-order valence-electron chi connectivity index (χ1n) is 5.34. The molecule has 8 heteroatoms. The van der Waals surface area contributed by atoms with Crippen LogP contribution in [0.5, 0.6) is 0 Å². The van der Waals surface area contributed by atoms with E-state index in [1.165, 1.54) is 29.5 Å². The van der Waals surface area contributed by atoms with Crippen LogP contribution in [0.25, 0.3) is 0 Å². The van der Waals surface area contributed by atoms with Gasteiger partial charge >= 0.3 is 0 Å². The molecule has 0 atom stereocenters. The summed E-state index contributed by atoms with van der Waals surface area (Å²) in [5.41, 5.74) is 8.29. The smallest absolute Gasteiger partial charge is 0.242 e. The number of aryl methyl sites for hydroxylation is 1. The summed E-state index contributed by atoms with van der Waals surface area (Å²) >= 11 is 7.15. The van der Waals surface area contributed by atoms with Crippen LogP contribution in [-0.4, -0.2) is 13.4 Å². The lowest BCUT2D eigenvalue weighted by Gasteiger charge is -2.08. The average Bonchev–Trinajstić information content (AvgIpc) is 2.72. The highest BCUT2D eigenvalue weighted by atomic mass is 35.5. The fourth-order valence-electron chi connectivity index (χ4n) is 1.50. The third-order valence-electron chi connectivity index (χ3n) is 2.53. The summed E-state index contributed by atoms with van der Waals surface area (Å²) in [7, 11) is -3.66. The Kier molecular flexibility index (Phi) is 4.10. The average molecular weight is 318 g/mol. The molecule has 102 valence electrons. The summed E-state index contributed by atoms with van der Waals surface area (Å²) in [6, 6.07) is 4.29. The largest absolute Gasteiger partial charge is 0.398 e. The Labute approximate surface area is 120 Å². The first-order valence-corrected chi connectivity index (χ1v) is 8.08. The van der Waals surface area contributed by atoms with Crippen molar-refractivity contribution in [3.63, 3.8) is 0 Å². The van der Waals surface area contributed by atoms with Crippen molar-refractivity contribution in [3.8, 4) is 0 Å². The SMILES string of the molecule is Cc1ncsc1CNS(=O)(=O)c1ccc(Cl)cc1N. The number of benzene rings is 1. The molecule has 3 N–H and O–H groups in total. The van der Waals surface area contributed by atoms with Crippen LogP contribution >= 0.6 is 22.9 Å². The van der Waals surface area contributed by atoms with Crippen molar-refractivity contribution >= 4 is 38.6 Å². The van der Waals surface area contributed by atoms with E-state index >= 15 is 0 Å². The van der Waals surface area contributed by atoms with E-state index in [1.807, 2.05) is 6.92 Å². The molecule has 0 amide bonds. The number of rotatable bonds is 4. The topological polar surface area (TPSA) is 85.1 Å². The maximum Gasteiger partial charge on any atom is 0.242 e. The van der Waals surface area contributed by atoms with Gasteiger partial charge in [-0.3, -0.25) is 0 Å². The number of nitrogen functional groups attached to an aromatic ring is 1. The number of nitrogens with zero attached hydrogens (tertiary/aromatic N) is 1. The Morgan fingerprint density at radius 3 is 2.79 bits per heavy atom. The van der Waals surface area contributed by atoms with Gasteiger partial charge < -0.3 is 5.73 Å². The molecule has 5 nitrogen and oxygen atoms in total. The van der Waals surface area contributed by atoms with E-state index in [2.05, 4.69) is 9.71 Å². The maximum absolute atomic E-state index is 12.1. The van der Waals surface area contributed by atoms with E-state index in [0.29, 0.717) is 5.02 Å². The van der Waals surface area contributed by atoms with Gasteiger partial charge in [0.05, 0.1) is 16.9 Å². The minimum absolute atomic E-state index is 0.0269. The minimum atomic E-state index is -3.66. The lowest BCUT2D eigenvalue weighted by atomic mass is 10.3. The molecule has 0 aliphatic heterocycles. The van der Waals surface area contributed by atoms with Crippen molar-refractivity contribution in [1.29, 1.82) is 0 Å². The van der Waals surface area contributed by atoms with E-state index in [0.717, 1.165) is 10.6 Å². The second-order valence-electron chi connectivity index (χ2n) is 3.87. The Balaban J connectivity index is 2.21. The Bertz CT molecular complexity index is 698. The van der Waals surface area contributed by atoms with Crippen LogP contribution < -0.4 is 10.5 Å². The molecule has 0 bridgehead atoms. The number of halogens is 1. The van der Waals surface area contributed by atoms with Gasteiger partial charge in [-0.2, -0.15) is 0 Å². The molecule has 2 rings (SSSR count). The zero-order valence-corrected chi connectivity index (χ0v) is 12.4. The van der Waals surface area contributed by atoms with Crippen molar-refractivity contribution in [3.05, 3.63) is 39.3 Å². The molecule has 0 saturated heterocycles. The molecule has 0 aliphatic carbocycles. The third kappa shape index (κ3) is 3.24. The highest BCUT2D eigenvalue weighted by molar-refractivity contribution is 7.89. The van der Waals surface area contributed by atoms with Gasteiger partial charge in [-0.25, -0.2) is 18.1 Å². The van der Waals surface area contributed by atoms with Gasteiger partial charge in [0.15, 0.2) is 0 Å². The molecule has 0 aliphatic rings. The number of hydrogen-bond donors (Lipinski definition) is 2. The monoisotopic (exact) mass is 317 g/mol. The van der Waals surface area contributed by atoms with Crippen LogP contribution in [0.1, 0.15) is 10.6 Å². The highest BCUT2D eigenvalue weighted by Gasteiger charge is 2.18. The highest BCUT2D eigenvalue weighted by Crippen LogP contribution is 2.22. The molecule has 2 aromatic rings.